The van der Waals surface area contributed by atoms with Crippen molar-refractivity contribution in [2.45, 2.75) is 27.2 Å². The van der Waals surface area contributed by atoms with Gasteiger partial charge in [0.15, 0.2) is 10.7 Å². The van der Waals surface area contributed by atoms with Gasteiger partial charge in [-0.15, -0.1) is 11.3 Å². The lowest BCUT2D eigenvalue weighted by Gasteiger charge is -2.26. The first-order valence-corrected chi connectivity index (χ1v) is 7.15. The highest BCUT2D eigenvalue weighted by Gasteiger charge is 2.35. The van der Waals surface area contributed by atoms with Crippen molar-refractivity contribution in [3.8, 4) is 0 Å². The second-order valence-electron chi connectivity index (χ2n) is 5.95. The molecule has 0 bridgehead atoms. The van der Waals surface area contributed by atoms with Gasteiger partial charge >= 0.3 is 5.97 Å². The van der Waals surface area contributed by atoms with Gasteiger partial charge in [0.1, 0.15) is 0 Å². The average molecular weight is 282 g/mol. The number of hydrogen-bond donors (Lipinski definition) is 1. The lowest BCUT2D eigenvalue weighted by atomic mass is 9.80. The predicted molar refractivity (Wildman–Crippen MR) is 72.5 cm³/mol. The molecule has 1 atom stereocenters. The summed E-state index contributed by atoms with van der Waals surface area (Å²) < 4.78 is 0. The minimum atomic E-state index is -1.09. The molecule has 0 aromatic carbocycles. The number of carbonyl (C=O) groups is 2. The smallest absolute Gasteiger partial charge is 0.355 e. The van der Waals surface area contributed by atoms with Crippen molar-refractivity contribution >= 4 is 23.2 Å². The lowest BCUT2D eigenvalue weighted by Crippen LogP contribution is -2.31. The fraction of sp³-hybridized carbons (Fsp3) is 0.615. The summed E-state index contributed by atoms with van der Waals surface area (Å²) in [5.74, 6) is -0.760. The summed E-state index contributed by atoms with van der Waals surface area (Å²) in [5.41, 5.74) is 0.129. The number of hydrogen-bond acceptors (Lipinski definition) is 4. The Morgan fingerprint density at radius 1 is 1.47 bits per heavy atom. The molecule has 1 aliphatic rings. The largest absolute Gasteiger partial charge is 0.476 e. The molecule has 1 saturated heterocycles. The van der Waals surface area contributed by atoms with E-state index < -0.39 is 5.97 Å². The standard InChI is InChI=1S/C13H18N2O3S/c1-13(2,3)8-4-5-15(6-8)11(16)10-14-9(7-19-10)12(17)18/h7-8H,4-6H2,1-3H3,(H,17,18). The van der Waals surface area contributed by atoms with Crippen LogP contribution in [0, 0.1) is 11.3 Å². The highest BCUT2D eigenvalue weighted by Crippen LogP contribution is 2.34. The van der Waals surface area contributed by atoms with Gasteiger partial charge in [-0.1, -0.05) is 20.8 Å². The van der Waals surface area contributed by atoms with E-state index in [-0.39, 0.29) is 22.0 Å². The highest BCUT2D eigenvalue weighted by molar-refractivity contribution is 7.11. The number of carbonyl (C=O) groups excluding carboxylic acids is 1. The summed E-state index contributed by atoms with van der Waals surface area (Å²) in [7, 11) is 0. The zero-order valence-corrected chi connectivity index (χ0v) is 12.2. The minimum absolute atomic E-state index is 0.0556. The number of amides is 1. The molecule has 0 aliphatic carbocycles. The fourth-order valence-electron chi connectivity index (χ4n) is 2.26. The third-order valence-corrected chi connectivity index (χ3v) is 4.44. The van der Waals surface area contributed by atoms with Crippen LogP contribution in [-0.4, -0.2) is 40.0 Å². The van der Waals surface area contributed by atoms with E-state index in [1.54, 1.807) is 4.90 Å². The molecule has 1 N–H and O–H groups in total. The minimum Gasteiger partial charge on any atom is -0.476 e. The number of carboxylic acids is 1. The van der Waals surface area contributed by atoms with Crippen LogP contribution >= 0.6 is 11.3 Å². The average Bonchev–Trinajstić information content (AvgIpc) is 2.97. The van der Waals surface area contributed by atoms with Gasteiger partial charge in [-0.25, -0.2) is 9.78 Å². The molecule has 5 nitrogen and oxygen atoms in total. The Morgan fingerprint density at radius 2 is 2.16 bits per heavy atom. The summed E-state index contributed by atoms with van der Waals surface area (Å²) in [6.07, 6.45) is 0.992. The maximum Gasteiger partial charge on any atom is 0.355 e. The van der Waals surface area contributed by atoms with Gasteiger partial charge < -0.3 is 10.0 Å². The summed E-state index contributed by atoms with van der Waals surface area (Å²) in [6, 6.07) is 0. The SMILES string of the molecule is CC(C)(C)C1CCN(C(=O)c2nc(C(=O)O)cs2)C1. The fourth-order valence-corrected chi connectivity index (χ4v) is 3.01. The third-order valence-electron chi connectivity index (χ3n) is 3.61. The van der Waals surface area contributed by atoms with Gasteiger partial charge in [-0.3, -0.25) is 4.79 Å². The normalized spacial score (nSPS) is 19.7. The van der Waals surface area contributed by atoms with Gasteiger partial charge in [0.2, 0.25) is 0 Å². The van der Waals surface area contributed by atoms with E-state index in [2.05, 4.69) is 25.8 Å². The van der Waals surface area contributed by atoms with Crippen LogP contribution in [0.4, 0.5) is 0 Å². The van der Waals surface area contributed by atoms with Crippen molar-refractivity contribution in [1.82, 2.24) is 9.88 Å². The molecule has 1 aromatic rings. The number of aromatic nitrogens is 1. The third kappa shape index (κ3) is 2.94. The molecule has 0 radical (unpaired) electrons. The Kier molecular flexibility index (Phi) is 3.62. The molecule has 2 heterocycles. The van der Waals surface area contributed by atoms with Crippen LogP contribution in [0.5, 0.6) is 0 Å². The maximum absolute atomic E-state index is 12.2. The van der Waals surface area contributed by atoms with Crippen LogP contribution in [0.2, 0.25) is 0 Å². The summed E-state index contributed by atoms with van der Waals surface area (Å²) in [5, 5.41) is 10.5. The van der Waals surface area contributed by atoms with Crippen molar-refractivity contribution in [2.24, 2.45) is 11.3 Å². The van der Waals surface area contributed by atoms with E-state index in [4.69, 9.17) is 5.11 Å². The van der Waals surface area contributed by atoms with Crippen LogP contribution < -0.4 is 0 Å². The van der Waals surface area contributed by atoms with Crippen molar-refractivity contribution in [2.75, 3.05) is 13.1 Å². The molecule has 1 aliphatic heterocycles. The molecule has 0 spiro atoms. The Bertz CT molecular complexity index is 504. The number of likely N-dealkylation sites (tertiary alicyclic amines) is 1. The van der Waals surface area contributed by atoms with Crippen LogP contribution in [0.1, 0.15) is 47.5 Å². The van der Waals surface area contributed by atoms with Crippen molar-refractivity contribution in [1.29, 1.82) is 0 Å². The predicted octanol–water partition coefficient (Wildman–Crippen LogP) is 2.35. The van der Waals surface area contributed by atoms with Crippen LogP contribution in [0.3, 0.4) is 0 Å². The molecule has 19 heavy (non-hydrogen) atoms. The first-order valence-electron chi connectivity index (χ1n) is 6.27. The molecular formula is C13H18N2O3S. The molecule has 1 unspecified atom stereocenters. The van der Waals surface area contributed by atoms with Gasteiger partial charge in [0, 0.05) is 18.5 Å². The molecular weight excluding hydrogens is 264 g/mol. The Morgan fingerprint density at radius 3 is 2.63 bits per heavy atom. The molecule has 0 saturated carbocycles. The van der Waals surface area contributed by atoms with E-state index in [1.165, 1.54) is 5.38 Å². The van der Waals surface area contributed by atoms with E-state index in [1.807, 2.05) is 0 Å². The number of aromatic carboxylic acids is 1. The van der Waals surface area contributed by atoms with Gasteiger partial charge in [0.05, 0.1) is 0 Å². The second kappa shape index (κ2) is 4.92. The van der Waals surface area contributed by atoms with E-state index >= 15 is 0 Å². The summed E-state index contributed by atoms with van der Waals surface area (Å²) in [6.45, 7) is 7.99. The monoisotopic (exact) mass is 282 g/mol. The molecule has 1 fully saturated rings. The Labute approximate surface area is 116 Å². The van der Waals surface area contributed by atoms with Gasteiger partial charge in [-0.2, -0.15) is 0 Å². The number of thiazole rings is 1. The highest BCUT2D eigenvalue weighted by atomic mass is 32.1. The molecule has 2 rings (SSSR count). The zero-order chi connectivity index (χ0) is 14.2. The lowest BCUT2D eigenvalue weighted by molar-refractivity contribution is 0.0691. The van der Waals surface area contributed by atoms with Crippen LogP contribution in [-0.2, 0) is 0 Å². The Balaban J connectivity index is 2.07. The maximum atomic E-state index is 12.2. The quantitative estimate of drug-likeness (QED) is 0.904. The number of nitrogens with zero attached hydrogens (tertiary/aromatic N) is 2. The van der Waals surface area contributed by atoms with Crippen LogP contribution in [0.15, 0.2) is 5.38 Å². The van der Waals surface area contributed by atoms with E-state index in [0.717, 1.165) is 30.8 Å². The van der Waals surface area contributed by atoms with Crippen molar-refractivity contribution in [3.05, 3.63) is 16.1 Å². The van der Waals surface area contributed by atoms with Crippen molar-refractivity contribution in [3.63, 3.8) is 0 Å². The van der Waals surface area contributed by atoms with Gasteiger partial charge in [0.25, 0.3) is 5.91 Å². The summed E-state index contributed by atoms with van der Waals surface area (Å²) >= 11 is 1.10. The second-order valence-corrected chi connectivity index (χ2v) is 6.80. The first kappa shape index (κ1) is 14.0. The van der Waals surface area contributed by atoms with E-state index in [9.17, 15) is 9.59 Å². The number of rotatable bonds is 2. The Hall–Kier alpha value is -1.43. The van der Waals surface area contributed by atoms with E-state index in [0.29, 0.717) is 5.92 Å². The molecule has 6 heteroatoms. The molecule has 104 valence electrons. The first-order chi connectivity index (χ1) is 8.79. The molecule has 1 amide bonds. The molecule has 1 aromatic heterocycles. The zero-order valence-electron chi connectivity index (χ0n) is 11.3. The van der Waals surface area contributed by atoms with Crippen molar-refractivity contribution < 1.29 is 14.7 Å². The summed E-state index contributed by atoms with van der Waals surface area (Å²) in [4.78, 5) is 28.6. The topological polar surface area (TPSA) is 70.5 Å². The van der Waals surface area contributed by atoms with Gasteiger partial charge in [-0.05, 0) is 17.8 Å². The van der Waals surface area contributed by atoms with Crippen LogP contribution in [0.25, 0.3) is 0 Å². The number of carboxylic acid groups (broad SMARTS) is 1.